The molecule has 2 aromatic rings. The maximum absolute atomic E-state index is 13.3. The van der Waals surface area contributed by atoms with Crippen LogP contribution in [0.2, 0.25) is 0 Å². The van der Waals surface area contributed by atoms with Crippen molar-refractivity contribution in [1.29, 1.82) is 0 Å². The van der Waals surface area contributed by atoms with Gasteiger partial charge in [0.2, 0.25) is 15.9 Å². The molecule has 4 amide bonds. The minimum Gasteiger partial charge on any atom is -0.450 e. The second kappa shape index (κ2) is 13.7. The predicted molar refractivity (Wildman–Crippen MR) is 144 cm³/mol. The Kier molecular flexibility index (Phi) is 10.5. The number of benzene rings is 2. The van der Waals surface area contributed by atoms with E-state index in [1.54, 1.807) is 0 Å². The van der Waals surface area contributed by atoms with Crippen molar-refractivity contribution >= 4 is 39.5 Å². The quantitative estimate of drug-likeness (QED) is 0.288. The number of hydrogen-bond acceptors (Lipinski definition) is 7. The average Bonchev–Trinajstić information content (AvgIpc) is 2.92. The van der Waals surface area contributed by atoms with Crippen LogP contribution in [0, 0.1) is 0 Å². The van der Waals surface area contributed by atoms with Crippen molar-refractivity contribution < 1.29 is 45.5 Å². The van der Waals surface area contributed by atoms with Gasteiger partial charge >= 0.3 is 12.3 Å². The highest BCUT2D eigenvalue weighted by atomic mass is 32.2. The van der Waals surface area contributed by atoms with Gasteiger partial charge in [-0.25, -0.2) is 18.4 Å². The molecule has 0 radical (unpaired) electrons. The lowest BCUT2D eigenvalue weighted by Crippen LogP contribution is -2.54. The predicted octanol–water partition coefficient (Wildman–Crippen LogP) is 2.51. The van der Waals surface area contributed by atoms with Gasteiger partial charge in [0.05, 0.1) is 34.9 Å². The first-order chi connectivity index (χ1) is 19.7. The molecule has 1 aliphatic rings. The maximum atomic E-state index is 13.3. The van der Waals surface area contributed by atoms with Crippen LogP contribution < -0.4 is 26.4 Å². The molecule has 228 valence electrons. The molecule has 0 aromatic heterocycles. The normalized spacial score (nSPS) is 17.1. The summed E-state index contributed by atoms with van der Waals surface area (Å²) in [4.78, 5) is 49.8. The maximum Gasteiger partial charge on any atom is 0.416 e. The van der Waals surface area contributed by atoms with E-state index >= 15 is 0 Å². The van der Waals surface area contributed by atoms with Crippen molar-refractivity contribution in [3.05, 3.63) is 59.2 Å². The largest absolute Gasteiger partial charge is 0.450 e. The molecule has 0 heterocycles. The average molecular weight is 614 g/mol. The number of ether oxygens (including phenoxy) is 1. The van der Waals surface area contributed by atoms with E-state index in [0.29, 0.717) is 25.0 Å². The molecule has 6 N–H and O–H groups in total. The minimum atomic E-state index is -4.76. The lowest BCUT2D eigenvalue weighted by Gasteiger charge is -2.33. The molecule has 0 aliphatic heterocycles. The standard InChI is InChI=1S/C26H30F3N5O7S/c1-2-41-25(38)34-19-12-9-16(26(27,28)29)13-18(19)24(37)31-14-22(35)32-20-5-3-4-6-21(20)33-23(36)15-7-10-17(11-8-15)42(30,39)40/h7-13,20-21H,2-6,14H2,1H3,(H,31,37)(H,32,35)(H,33,36)(H,34,38)(H2,30,39,40)/t20-,21+/m0/s1. The first-order valence-electron chi connectivity index (χ1n) is 12.9. The van der Waals surface area contributed by atoms with Crippen LogP contribution in [0.5, 0.6) is 0 Å². The smallest absolute Gasteiger partial charge is 0.416 e. The number of hydrogen-bond donors (Lipinski definition) is 5. The van der Waals surface area contributed by atoms with E-state index in [9.17, 15) is 40.8 Å². The van der Waals surface area contributed by atoms with Crippen molar-refractivity contribution in [3.8, 4) is 0 Å². The van der Waals surface area contributed by atoms with E-state index in [1.165, 1.54) is 31.2 Å². The monoisotopic (exact) mass is 613 g/mol. The molecular formula is C26H30F3N5O7S. The topological polar surface area (TPSA) is 186 Å². The fourth-order valence-corrected chi connectivity index (χ4v) is 4.85. The summed E-state index contributed by atoms with van der Waals surface area (Å²) in [6, 6.07) is 6.18. The van der Waals surface area contributed by atoms with Gasteiger partial charge in [0.25, 0.3) is 11.8 Å². The summed E-state index contributed by atoms with van der Waals surface area (Å²) in [7, 11) is -3.93. The third-order valence-corrected chi connectivity index (χ3v) is 7.32. The fraction of sp³-hybridized carbons (Fsp3) is 0.385. The Bertz CT molecular complexity index is 1430. The van der Waals surface area contributed by atoms with Gasteiger partial charge in [-0.15, -0.1) is 0 Å². The highest BCUT2D eigenvalue weighted by molar-refractivity contribution is 7.89. The number of halogens is 3. The number of anilines is 1. The molecule has 2 atom stereocenters. The van der Waals surface area contributed by atoms with E-state index in [0.717, 1.165) is 18.9 Å². The van der Waals surface area contributed by atoms with Crippen LogP contribution in [0.4, 0.5) is 23.7 Å². The molecule has 1 saturated carbocycles. The molecule has 0 unspecified atom stereocenters. The van der Waals surface area contributed by atoms with E-state index < -0.39 is 69.8 Å². The van der Waals surface area contributed by atoms with Crippen molar-refractivity contribution in [1.82, 2.24) is 16.0 Å². The Morgan fingerprint density at radius 3 is 2.14 bits per heavy atom. The van der Waals surface area contributed by atoms with Crippen LogP contribution in [0.25, 0.3) is 0 Å². The van der Waals surface area contributed by atoms with E-state index in [1.807, 2.05) is 0 Å². The number of sulfonamides is 1. The van der Waals surface area contributed by atoms with Gasteiger partial charge in [-0.1, -0.05) is 12.8 Å². The van der Waals surface area contributed by atoms with Gasteiger partial charge in [-0.2, -0.15) is 13.2 Å². The molecule has 42 heavy (non-hydrogen) atoms. The summed E-state index contributed by atoms with van der Waals surface area (Å²) in [6.07, 6.45) is -3.18. The van der Waals surface area contributed by atoms with E-state index in [-0.39, 0.29) is 22.8 Å². The Balaban J connectivity index is 1.64. The second-order valence-electron chi connectivity index (χ2n) is 9.39. The molecule has 2 aromatic carbocycles. The van der Waals surface area contributed by atoms with Crippen molar-refractivity contribution in [2.24, 2.45) is 5.14 Å². The molecule has 0 saturated heterocycles. The minimum absolute atomic E-state index is 0.0122. The Morgan fingerprint density at radius 2 is 1.57 bits per heavy atom. The van der Waals surface area contributed by atoms with Gasteiger partial charge in [-0.3, -0.25) is 19.7 Å². The van der Waals surface area contributed by atoms with E-state index in [4.69, 9.17) is 9.88 Å². The molecule has 0 bridgehead atoms. The number of amides is 4. The summed E-state index contributed by atoms with van der Waals surface area (Å²) in [5.74, 6) is -2.19. The molecule has 1 fully saturated rings. The molecule has 16 heteroatoms. The zero-order valence-electron chi connectivity index (χ0n) is 22.4. The zero-order chi connectivity index (χ0) is 31.1. The van der Waals surface area contributed by atoms with Crippen LogP contribution in [0.1, 0.15) is 58.9 Å². The first-order valence-corrected chi connectivity index (χ1v) is 14.4. The number of carbonyl (C=O) groups excluding carboxylic acids is 4. The summed E-state index contributed by atoms with van der Waals surface area (Å²) >= 11 is 0. The van der Waals surface area contributed by atoms with Gasteiger partial charge < -0.3 is 20.7 Å². The lowest BCUT2D eigenvalue weighted by atomic mass is 9.90. The third kappa shape index (κ3) is 8.91. The molecule has 12 nitrogen and oxygen atoms in total. The van der Waals surface area contributed by atoms with Crippen LogP contribution >= 0.6 is 0 Å². The highest BCUT2D eigenvalue weighted by Gasteiger charge is 2.32. The van der Waals surface area contributed by atoms with Gasteiger partial charge in [-0.05, 0) is 62.2 Å². The Hall–Kier alpha value is -4.18. The van der Waals surface area contributed by atoms with E-state index in [2.05, 4.69) is 21.3 Å². The third-order valence-electron chi connectivity index (χ3n) is 6.39. The summed E-state index contributed by atoms with van der Waals surface area (Å²) in [6.45, 7) is 0.913. The lowest BCUT2D eigenvalue weighted by molar-refractivity contribution is -0.137. The number of alkyl halides is 3. The van der Waals surface area contributed by atoms with Crippen LogP contribution in [-0.4, -0.2) is 57.5 Å². The number of carbonyl (C=O) groups is 4. The fourth-order valence-electron chi connectivity index (χ4n) is 4.33. The summed E-state index contributed by atoms with van der Waals surface area (Å²) in [5, 5.41) is 15.1. The van der Waals surface area contributed by atoms with Crippen LogP contribution in [0.15, 0.2) is 47.4 Å². The van der Waals surface area contributed by atoms with Gasteiger partial charge in [0.1, 0.15) is 0 Å². The van der Waals surface area contributed by atoms with Gasteiger partial charge in [0, 0.05) is 17.6 Å². The summed E-state index contributed by atoms with van der Waals surface area (Å²) < 4.78 is 67.3. The van der Waals surface area contributed by atoms with Crippen LogP contribution in [0.3, 0.4) is 0 Å². The number of nitrogens with one attached hydrogen (secondary N) is 4. The molecular weight excluding hydrogens is 583 g/mol. The van der Waals surface area contributed by atoms with Crippen LogP contribution in [-0.2, 0) is 25.7 Å². The Labute approximate surface area is 239 Å². The zero-order valence-corrected chi connectivity index (χ0v) is 23.2. The summed E-state index contributed by atoms with van der Waals surface area (Å²) in [5.41, 5.74) is -1.72. The number of primary sulfonamides is 1. The molecule has 0 spiro atoms. The molecule has 1 aliphatic carbocycles. The van der Waals surface area contributed by atoms with Crippen molar-refractivity contribution in [2.45, 2.75) is 55.8 Å². The number of rotatable bonds is 9. The second-order valence-corrected chi connectivity index (χ2v) is 11.0. The number of nitrogens with two attached hydrogens (primary N) is 1. The Morgan fingerprint density at radius 1 is 0.952 bits per heavy atom. The SMILES string of the molecule is CCOC(=O)Nc1ccc(C(F)(F)F)cc1C(=O)NCC(=O)N[C@H]1CCCC[C@H]1NC(=O)c1ccc(S(N)(=O)=O)cc1. The van der Waals surface area contributed by atoms with Gasteiger partial charge in [0.15, 0.2) is 0 Å². The highest BCUT2D eigenvalue weighted by Crippen LogP contribution is 2.32. The molecule has 3 rings (SSSR count). The van der Waals surface area contributed by atoms with Crippen molar-refractivity contribution in [3.63, 3.8) is 0 Å². The first kappa shape index (κ1) is 32.3. The van der Waals surface area contributed by atoms with Crippen molar-refractivity contribution in [2.75, 3.05) is 18.5 Å².